The van der Waals surface area contributed by atoms with Gasteiger partial charge in [0.05, 0.1) is 22.3 Å². The quantitative estimate of drug-likeness (QED) is 0.598. The molecule has 0 aromatic heterocycles. The summed E-state index contributed by atoms with van der Waals surface area (Å²) in [5.74, 6) is 1.96. The fourth-order valence-electron chi connectivity index (χ4n) is 4.11. The van der Waals surface area contributed by atoms with Gasteiger partial charge < -0.3 is 4.74 Å². The molecule has 29 heavy (non-hydrogen) atoms. The minimum Gasteiger partial charge on any atom is -0.491 e. The molecule has 0 spiro atoms. The van der Waals surface area contributed by atoms with Gasteiger partial charge in [0.15, 0.2) is 9.84 Å². The Hall–Kier alpha value is -1.62. The SMILES string of the molecule is CC(C)Oc1cccc(C2=CCC(C3CCC(CS(=O)(=O)C(C)(C)C)CC3)=N2)c1. The molecule has 1 saturated carbocycles. The molecule has 1 fully saturated rings. The summed E-state index contributed by atoms with van der Waals surface area (Å²) in [4.78, 5) is 4.95. The minimum atomic E-state index is -3.04. The summed E-state index contributed by atoms with van der Waals surface area (Å²) in [7, 11) is -3.04. The van der Waals surface area contributed by atoms with Crippen molar-refractivity contribution < 1.29 is 13.2 Å². The van der Waals surface area contributed by atoms with Crippen LogP contribution in [-0.4, -0.2) is 30.7 Å². The fourth-order valence-corrected chi connectivity index (χ4v) is 5.57. The maximum absolute atomic E-state index is 12.5. The lowest BCUT2D eigenvalue weighted by Crippen LogP contribution is -2.34. The van der Waals surface area contributed by atoms with E-state index < -0.39 is 14.6 Å². The van der Waals surface area contributed by atoms with Crippen LogP contribution in [0.3, 0.4) is 0 Å². The van der Waals surface area contributed by atoms with E-state index in [0.29, 0.717) is 11.7 Å². The van der Waals surface area contributed by atoms with E-state index in [1.54, 1.807) is 20.8 Å². The highest BCUT2D eigenvalue weighted by molar-refractivity contribution is 7.92. The highest BCUT2D eigenvalue weighted by atomic mass is 32.2. The number of aliphatic imine (C=N–C) groups is 1. The van der Waals surface area contributed by atoms with Gasteiger partial charge in [0, 0.05) is 17.7 Å². The molecule has 0 N–H and O–H groups in total. The second kappa shape index (κ2) is 8.63. The fraction of sp³-hybridized carbons (Fsp3) is 0.625. The van der Waals surface area contributed by atoms with Crippen molar-refractivity contribution >= 4 is 21.2 Å². The van der Waals surface area contributed by atoms with Gasteiger partial charge in [-0.15, -0.1) is 0 Å². The molecular weight excluding hydrogens is 382 g/mol. The van der Waals surface area contributed by atoms with Gasteiger partial charge >= 0.3 is 0 Å². The van der Waals surface area contributed by atoms with E-state index >= 15 is 0 Å². The molecule has 160 valence electrons. The Kier molecular flexibility index (Phi) is 6.57. The van der Waals surface area contributed by atoms with Crippen LogP contribution in [0, 0.1) is 11.8 Å². The summed E-state index contributed by atoms with van der Waals surface area (Å²) in [6.45, 7) is 9.46. The van der Waals surface area contributed by atoms with Crippen molar-refractivity contribution in [1.29, 1.82) is 0 Å². The first-order chi connectivity index (χ1) is 13.5. The molecule has 2 aliphatic rings. The monoisotopic (exact) mass is 417 g/mol. The van der Waals surface area contributed by atoms with Crippen LogP contribution >= 0.6 is 0 Å². The number of sulfone groups is 1. The molecule has 5 heteroatoms. The Morgan fingerprint density at radius 2 is 1.83 bits per heavy atom. The Labute approximate surface area is 176 Å². The van der Waals surface area contributed by atoms with Crippen LogP contribution in [0.2, 0.25) is 0 Å². The maximum atomic E-state index is 12.5. The van der Waals surface area contributed by atoms with Crippen LogP contribution in [0.25, 0.3) is 5.70 Å². The average Bonchev–Trinajstić information content (AvgIpc) is 3.11. The second-order valence-electron chi connectivity index (χ2n) is 9.70. The highest BCUT2D eigenvalue weighted by Crippen LogP contribution is 2.36. The van der Waals surface area contributed by atoms with Crippen molar-refractivity contribution in [3.63, 3.8) is 0 Å². The van der Waals surface area contributed by atoms with Gasteiger partial charge in [-0.25, -0.2) is 8.42 Å². The molecule has 0 saturated heterocycles. The largest absolute Gasteiger partial charge is 0.491 e. The molecule has 1 aromatic carbocycles. The van der Waals surface area contributed by atoms with Crippen molar-refractivity contribution in [2.24, 2.45) is 16.8 Å². The third-order valence-electron chi connectivity index (χ3n) is 5.98. The molecule has 4 nitrogen and oxygen atoms in total. The van der Waals surface area contributed by atoms with Gasteiger partial charge in [-0.3, -0.25) is 4.99 Å². The van der Waals surface area contributed by atoms with Crippen molar-refractivity contribution in [3.05, 3.63) is 35.9 Å². The van der Waals surface area contributed by atoms with E-state index in [2.05, 4.69) is 18.2 Å². The predicted octanol–water partition coefficient (Wildman–Crippen LogP) is 5.68. The molecule has 0 radical (unpaired) electrons. The summed E-state index contributed by atoms with van der Waals surface area (Å²) in [5, 5.41) is 0. The van der Waals surface area contributed by atoms with E-state index in [9.17, 15) is 8.42 Å². The third-order valence-corrected chi connectivity index (χ3v) is 8.75. The predicted molar refractivity (Wildman–Crippen MR) is 121 cm³/mol. The Balaban J connectivity index is 1.59. The van der Waals surface area contributed by atoms with Gasteiger partial charge in [-0.05, 0) is 84.3 Å². The molecular formula is C24H35NO3S. The zero-order valence-corrected chi connectivity index (χ0v) is 19.3. The average molecular weight is 418 g/mol. The third kappa shape index (κ3) is 5.50. The molecule has 0 bridgehead atoms. The van der Waals surface area contributed by atoms with Crippen LogP contribution in [0.4, 0.5) is 0 Å². The molecule has 1 aromatic rings. The van der Waals surface area contributed by atoms with E-state index in [4.69, 9.17) is 9.73 Å². The molecule has 0 unspecified atom stereocenters. The van der Waals surface area contributed by atoms with Crippen LogP contribution < -0.4 is 4.74 Å². The van der Waals surface area contributed by atoms with Crippen LogP contribution in [-0.2, 0) is 9.84 Å². The van der Waals surface area contributed by atoms with Crippen molar-refractivity contribution in [2.75, 3.05) is 5.75 Å². The molecule has 1 aliphatic carbocycles. The van der Waals surface area contributed by atoms with Crippen LogP contribution in [0.15, 0.2) is 35.3 Å². The zero-order chi connectivity index (χ0) is 21.2. The topological polar surface area (TPSA) is 55.7 Å². The molecule has 0 amide bonds. The van der Waals surface area contributed by atoms with Crippen LogP contribution in [0.5, 0.6) is 5.75 Å². The zero-order valence-electron chi connectivity index (χ0n) is 18.4. The number of nitrogens with zero attached hydrogens (tertiary/aromatic N) is 1. The van der Waals surface area contributed by atoms with Crippen molar-refractivity contribution in [2.45, 2.75) is 77.6 Å². The lowest BCUT2D eigenvalue weighted by Gasteiger charge is -2.30. The van der Waals surface area contributed by atoms with Gasteiger partial charge in [-0.1, -0.05) is 18.2 Å². The normalized spacial score (nSPS) is 23.1. The van der Waals surface area contributed by atoms with Crippen LogP contribution in [0.1, 0.15) is 72.3 Å². The molecule has 1 aliphatic heterocycles. The van der Waals surface area contributed by atoms with Crippen molar-refractivity contribution in [1.82, 2.24) is 0 Å². The van der Waals surface area contributed by atoms with Gasteiger partial charge in [0.1, 0.15) is 5.75 Å². The first-order valence-electron chi connectivity index (χ1n) is 10.8. The maximum Gasteiger partial charge on any atom is 0.155 e. The lowest BCUT2D eigenvalue weighted by molar-refractivity contribution is 0.242. The summed E-state index contributed by atoms with van der Waals surface area (Å²) < 4.78 is 30.2. The van der Waals surface area contributed by atoms with E-state index in [1.807, 2.05) is 26.0 Å². The van der Waals surface area contributed by atoms with Gasteiger partial charge in [0.2, 0.25) is 0 Å². The lowest BCUT2D eigenvalue weighted by atomic mass is 9.80. The smallest absolute Gasteiger partial charge is 0.155 e. The molecule has 3 rings (SSSR count). The summed E-state index contributed by atoms with van der Waals surface area (Å²) in [6, 6.07) is 8.14. The number of ether oxygens (including phenoxy) is 1. The number of hydrogen-bond donors (Lipinski definition) is 0. The highest BCUT2D eigenvalue weighted by Gasteiger charge is 2.34. The Bertz CT molecular complexity index is 883. The van der Waals surface area contributed by atoms with Crippen molar-refractivity contribution in [3.8, 4) is 5.75 Å². The second-order valence-corrected chi connectivity index (χ2v) is 12.5. The summed E-state index contributed by atoms with van der Waals surface area (Å²) in [5.41, 5.74) is 3.39. The number of allylic oxidation sites excluding steroid dienone is 1. The summed E-state index contributed by atoms with van der Waals surface area (Å²) >= 11 is 0. The van der Waals surface area contributed by atoms with E-state index in [1.165, 1.54) is 5.71 Å². The molecule has 1 heterocycles. The summed E-state index contributed by atoms with van der Waals surface area (Å²) in [6.07, 6.45) is 7.30. The number of rotatable bonds is 6. The molecule has 0 atom stereocenters. The first-order valence-corrected chi connectivity index (χ1v) is 12.5. The number of hydrogen-bond acceptors (Lipinski definition) is 4. The standard InChI is InChI=1S/C24H35NO3S/c1-17(2)28-21-8-6-7-20(15-21)23-14-13-22(25-23)19-11-9-18(10-12-19)16-29(26,27)24(3,4)5/h6-8,14-15,17-19H,9-13,16H2,1-5H3. The van der Waals surface area contributed by atoms with E-state index in [0.717, 1.165) is 49.1 Å². The van der Waals surface area contributed by atoms with E-state index in [-0.39, 0.29) is 12.0 Å². The minimum absolute atomic E-state index is 0.152. The number of benzene rings is 1. The first kappa shape index (κ1) is 22.1. The van der Waals surface area contributed by atoms with Gasteiger partial charge in [-0.2, -0.15) is 0 Å². The Morgan fingerprint density at radius 3 is 2.45 bits per heavy atom. The Morgan fingerprint density at radius 1 is 1.14 bits per heavy atom. The van der Waals surface area contributed by atoms with Gasteiger partial charge in [0.25, 0.3) is 0 Å².